The average molecular weight is 185 g/mol. The van der Waals surface area contributed by atoms with Gasteiger partial charge in [-0.3, -0.25) is 5.01 Å². The molecule has 2 amide bonds. The van der Waals surface area contributed by atoms with Gasteiger partial charge in [0, 0.05) is 13.2 Å². The van der Waals surface area contributed by atoms with Crippen LogP contribution in [0.5, 0.6) is 0 Å². The molecule has 2 saturated heterocycles. The lowest BCUT2D eigenvalue weighted by atomic mass is 10.1. The highest BCUT2D eigenvalue weighted by Gasteiger charge is 2.31. The molecule has 5 nitrogen and oxygen atoms in total. The van der Waals surface area contributed by atoms with Crippen molar-refractivity contribution < 1.29 is 9.53 Å². The van der Waals surface area contributed by atoms with Crippen LogP contribution in [-0.2, 0) is 4.74 Å². The average Bonchev–Trinajstić information content (AvgIpc) is 2.71. The van der Waals surface area contributed by atoms with Crippen LogP contribution in [0.1, 0.15) is 19.3 Å². The number of hydrazine groups is 1. The van der Waals surface area contributed by atoms with E-state index in [1.165, 1.54) is 5.01 Å². The Hall–Kier alpha value is -0.810. The molecular weight excluding hydrogens is 170 g/mol. The molecule has 5 heteroatoms. The van der Waals surface area contributed by atoms with E-state index >= 15 is 0 Å². The van der Waals surface area contributed by atoms with Crippen LogP contribution >= 0.6 is 0 Å². The number of nitrogens with one attached hydrogen (secondary N) is 1. The summed E-state index contributed by atoms with van der Waals surface area (Å²) in [6.45, 7) is 1.50. The van der Waals surface area contributed by atoms with Gasteiger partial charge in [0.2, 0.25) is 0 Å². The monoisotopic (exact) mass is 185 g/mol. The molecule has 2 aliphatic heterocycles. The molecule has 2 rings (SSSR count). The molecule has 0 saturated carbocycles. The molecule has 2 atom stereocenters. The molecule has 3 N–H and O–H groups in total. The summed E-state index contributed by atoms with van der Waals surface area (Å²) in [6.07, 6.45) is 3.38. The Labute approximate surface area is 77.2 Å². The Morgan fingerprint density at radius 2 is 2.54 bits per heavy atom. The molecule has 2 heterocycles. The van der Waals surface area contributed by atoms with Crippen LogP contribution in [0.3, 0.4) is 0 Å². The first-order valence-electron chi connectivity index (χ1n) is 4.71. The minimum absolute atomic E-state index is 0.107. The molecule has 0 aromatic carbocycles. The standard InChI is InChI=1S/C8H15N3O2/c9-11-6(5-10-8(11)12)4-7-2-1-3-13-7/h6-7H,1-5,9H2,(H,10,12). The minimum Gasteiger partial charge on any atom is -0.378 e. The van der Waals surface area contributed by atoms with Gasteiger partial charge in [-0.1, -0.05) is 0 Å². The normalized spacial score (nSPS) is 33.9. The molecule has 2 unspecified atom stereocenters. The van der Waals surface area contributed by atoms with Crippen molar-refractivity contribution in [3.05, 3.63) is 0 Å². The van der Waals surface area contributed by atoms with E-state index in [9.17, 15) is 4.79 Å². The van der Waals surface area contributed by atoms with Crippen molar-refractivity contribution in [2.75, 3.05) is 13.2 Å². The summed E-state index contributed by atoms with van der Waals surface area (Å²) < 4.78 is 5.48. The van der Waals surface area contributed by atoms with Gasteiger partial charge in [-0.05, 0) is 19.3 Å². The lowest BCUT2D eigenvalue weighted by molar-refractivity contribution is 0.0845. The highest BCUT2D eigenvalue weighted by molar-refractivity contribution is 5.76. The van der Waals surface area contributed by atoms with Gasteiger partial charge in [0.1, 0.15) is 0 Å². The third kappa shape index (κ3) is 1.76. The van der Waals surface area contributed by atoms with E-state index in [-0.39, 0.29) is 12.1 Å². The van der Waals surface area contributed by atoms with Crippen molar-refractivity contribution in [2.45, 2.75) is 31.4 Å². The molecular formula is C8H15N3O2. The number of carbonyl (C=O) groups excluding carboxylic acids is 1. The fourth-order valence-corrected chi connectivity index (χ4v) is 1.89. The van der Waals surface area contributed by atoms with Crippen molar-refractivity contribution in [3.8, 4) is 0 Å². The number of nitrogens with two attached hydrogens (primary N) is 1. The predicted molar refractivity (Wildman–Crippen MR) is 46.8 cm³/mol. The number of hydrogen-bond acceptors (Lipinski definition) is 3. The first-order valence-corrected chi connectivity index (χ1v) is 4.71. The molecule has 0 aliphatic carbocycles. The lowest BCUT2D eigenvalue weighted by Crippen LogP contribution is -2.41. The summed E-state index contributed by atoms with van der Waals surface area (Å²) >= 11 is 0. The first kappa shape index (κ1) is 8.77. The van der Waals surface area contributed by atoms with Crippen LogP contribution in [0.15, 0.2) is 0 Å². The minimum atomic E-state index is -0.178. The Morgan fingerprint density at radius 3 is 3.08 bits per heavy atom. The van der Waals surface area contributed by atoms with E-state index in [2.05, 4.69) is 5.32 Å². The van der Waals surface area contributed by atoms with E-state index in [0.29, 0.717) is 12.6 Å². The fourth-order valence-electron chi connectivity index (χ4n) is 1.89. The summed E-state index contributed by atoms with van der Waals surface area (Å²) in [6, 6.07) is -0.0707. The Bertz CT molecular complexity index is 204. The van der Waals surface area contributed by atoms with E-state index in [4.69, 9.17) is 10.6 Å². The molecule has 0 spiro atoms. The Morgan fingerprint density at radius 1 is 1.69 bits per heavy atom. The highest BCUT2D eigenvalue weighted by atomic mass is 16.5. The van der Waals surface area contributed by atoms with Gasteiger partial charge < -0.3 is 10.1 Å². The number of ether oxygens (including phenoxy) is 1. The van der Waals surface area contributed by atoms with Gasteiger partial charge in [-0.25, -0.2) is 10.6 Å². The SMILES string of the molecule is NN1C(=O)NCC1CC1CCCO1. The number of rotatable bonds is 2. The smallest absolute Gasteiger partial charge is 0.331 e. The molecule has 0 bridgehead atoms. The van der Waals surface area contributed by atoms with E-state index in [1.807, 2.05) is 0 Å². The number of carbonyl (C=O) groups is 1. The predicted octanol–water partition coefficient (Wildman–Crippen LogP) is -0.177. The van der Waals surface area contributed by atoms with Crippen LogP contribution in [-0.4, -0.2) is 36.3 Å². The zero-order valence-electron chi connectivity index (χ0n) is 7.53. The van der Waals surface area contributed by atoms with Crippen molar-refractivity contribution in [2.24, 2.45) is 5.84 Å². The number of nitrogens with zero attached hydrogens (tertiary/aromatic N) is 1. The molecule has 0 aromatic heterocycles. The van der Waals surface area contributed by atoms with Crippen LogP contribution in [0.25, 0.3) is 0 Å². The lowest BCUT2D eigenvalue weighted by Gasteiger charge is -2.20. The second-order valence-electron chi connectivity index (χ2n) is 3.62. The maximum atomic E-state index is 11.0. The summed E-state index contributed by atoms with van der Waals surface area (Å²) in [5, 5.41) is 3.98. The number of urea groups is 1. The topological polar surface area (TPSA) is 67.6 Å². The largest absolute Gasteiger partial charge is 0.378 e. The molecule has 0 radical (unpaired) electrons. The van der Waals surface area contributed by atoms with E-state index in [0.717, 1.165) is 25.9 Å². The van der Waals surface area contributed by atoms with Crippen LogP contribution in [0.4, 0.5) is 4.79 Å². The van der Waals surface area contributed by atoms with Gasteiger partial charge in [0.05, 0.1) is 12.1 Å². The molecule has 2 fully saturated rings. The quantitative estimate of drug-likeness (QED) is 0.463. The highest BCUT2D eigenvalue weighted by Crippen LogP contribution is 2.19. The summed E-state index contributed by atoms with van der Waals surface area (Å²) in [5.41, 5.74) is 0. The summed E-state index contributed by atoms with van der Waals surface area (Å²) in [7, 11) is 0. The second kappa shape index (κ2) is 3.51. The van der Waals surface area contributed by atoms with Crippen molar-refractivity contribution in [3.63, 3.8) is 0 Å². The molecule has 2 aliphatic rings. The molecule has 74 valence electrons. The molecule has 13 heavy (non-hydrogen) atoms. The van der Waals surface area contributed by atoms with Crippen molar-refractivity contribution in [1.29, 1.82) is 0 Å². The number of amides is 2. The van der Waals surface area contributed by atoms with E-state index in [1.54, 1.807) is 0 Å². The number of hydrogen-bond donors (Lipinski definition) is 2. The fraction of sp³-hybridized carbons (Fsp3) is 0.875. The van der Waals surface area contributed by atoms with Crippen LogP contribution < -0.4 is 11.2 Å². The summed E-state index contributed by atoms with van der Waals surface area (Å²) in [4.78, 5) is 11.0. The van der Waals surface area contributed by atoms with Crippen molar-refractivity contribution >= 4 is 6.03 Å². The summed E-state index contributed by atoms with van der Waals surface area (Å²) in [5.74, 6) is 5.57. The van der Waals surface area contributed by atoms with Crippen LogP contribution in [0.2, 0.25) is 0 Å². The van der Waals surface area contributed by atoms with Gasteiger partial charge in [-0.2, -0.15) is 0 Å². The Kier molecular flexibility index (Phi) is 2.37. The zero-order chi connectivity index (χ0) is 9.26. The zero-order valence-corrected chi connectivity index (χ0v) is 7.53. The second-order valence-corrected chi connectivity index (χ2v) is 3.62. The first-order chi connectivity index (χ1) is 6.27. The maximum absolute atomic E-state index is 11.0. The van der Waals surface area contributed by atoms with Gasteiger partial charge in [0.25, 0.3) is 0 Å². The third-order valence-corrected chi connectivity index (χ3v) is 2.68. The van der Waals surface area contributed by atoms with Gasteiger partial charge in [0.15, 0.2) is 0 Å². The van der Waals surface area contributed by atoms with Crippen molar-refractivity contribution in [1.82, 2.24) is 10.3 Å². The van der Waals surface area contributed by atoms with Gasteiger partial charge >= 0.3 is 6.03 Å². The van der Waals surface area contributed by atoms with E-state index < -0.39 is 0 Å². The third-order valence-electron chi connectivity index (χ3n) is 2.68. The Balaban J connectivity index is 1.84. The van der Waals surface area contributed by atoms with Gasteiger partial charge in [-0.15, -0.1) is 0 Å². The van der Waals surface area contributed by atoms with Crippen LogP contribution in [0, 0.1) is 0 Å². The maximum Gasteiger partial charge on any atom is 0.331 e. The molecule has 0 aromatic rings.